The topological polar surface area (TPSA) is 35.0 Å². The molecule has 128 valence electrons. The van der Waals surface area contributed by atoms with Crippen LogP contribution in [0.5, 0.6) is 5.88 Å². The third-order valence-electron chi connectivity index (χ3n) is 3.86. The summed E-state index contributed by atoms with van der Waals surface area (Å²) in [6.45, 7) is 6.90. The van der Waals surface area contributed by atoms with Crippen LogP contribution in [0.25, 0.3) is 11.1 Å². The molecule has 0 fully saturated rings. The Bertz CT molecular complexity index is 811. The Labute approximate surface area is 149 Å². The van der Waals surface area contributed by atoms with Crippen molar-refractivity contribution in [1.29, 1.82) is 0 Å². The predicted molar refractivity (Wildman–Crippen MR) is 102 cm³/mol. The summed E-state index contributed by atoms with van der Waals surface area (Å²) in [7, 11) is 0. The third kappa shape index (κ3) is 4.90. The first kappa shape index (κ1) is 17.2. The second-order valence-electron chi connectivity index (χ2n) is 6.71. The number of rotatable bonds is 6. The molecule has 0 aliphatic heterocycles. The van der Waals surface area contributed by atoms with Crippen molar-refractivity contribution < 1.29 is 4.74 Å². The molecule has 0 bridgehead atoms. The zero-order valence-electron chi connectivity index (χ0n) is 15.1. The molecule has 0 saturated heterocycles. The van der Waals surface area contributed by atoms with E-state index in [1.807, 2.05) is 19.1 Å². The molecule has 3 nitrogen and oxygen atoms in total. The zero-order valence-corrected chi connectivity index (χ0v) is 15.1. The number of benzene rings is 2. The van der Waals surface area contributed by atoms with Crippen molar-refractivity contribution >= 4 is 0 Å². The molecule has 0 saturated carbocycles. The van der Waals surface area contributed by atoms with Crippen LogP contribution in [0.1, 0.15) is 30.9 Å². The van der Waals surface area contributed by atoms with Crippen LogP contribution in [0.4, 0.5) is 0 Å². The molecule has 3 rings (SSSR count). The third-order valence-corrected chi connectivity index (χ3v) is 3.86. The van der Waals surface area contributed by atoms with Gasteiger partial charge in [-0.05, 0) is 29.5 Å². The van der Waals surface area contributed by atoms with Crippen LogP contribution in [0.15, 0.2) is 60.7 Å². The van der Waals surface area contributed by atoms with E-state index in [4.69, 9.17) is 4.74 Å². The van der Waals surface area contributed by atoms with Gasteiger partial charge in [0.1, 0.15) is 5.82 Å². The van der Waals surface area contributed by atoms with Crippen LogP contribution in [0, 0.1) is 12.8 Å². The Morgan fingerprint density at radius 2 is 1.56 bits per heavy atom. The Balaban J connectivity index is 1.73. The Morgan fingerprint density at radius 1 is 0.880 bits per heavy atom. The summed E-state index contributed by atoms with van der Waals surface area (Å²) in [5.74, 6) is 1.94. The first-order valence-electron chi connectivity index (χ1n) is 8.72. The van der Waals surface area contributed by atoms with Gasteiger partial charge in [-0.1, -0.05) is 68.4 Å². The predicted octanol–water partition coefficient (Wildman–Crippen LogP) is 5.08. The fourth-order valence-electron chi connectivity index (χ4n) is 2.63. The van der Waals surface area contributed by atoms with Gasteiger partial charge in [0, 0.05) is 18.2 Å². The number of hydrogen-bond donors (Lipinski definition) is 0. The fraction of sp³-hybridized carbons (Fsp3) is 0.273. The highest BCUT2D eigenvalue weighted by atomic mass is 16.5. The van der Waals surface area contributed by atoms with Crippen molar-refractivity contribution in [2.45, 2.75) is 27.2 Å². The van der Waals surface area contributed by atoms with Gasteiger partial charge in [0.25, 0.3) is 0 Å². The van der Waals surface area contributed by atoms with Crippen molar-refractivity contribution in [3.05, 3.63) is 77.7 Å². The molecule has 3 aromatic rings. The molecular weight excluding hydrogens is 308 g/mol. The smallest absolute Gasteiger partial charge is 0.216 e. The number of aryl methyl sites for hydroxylation is 1. The van der Waals surface area contributed by atoms with Crippen LogP contribution < -0.4 is 4.74 Å². The first-order valence-corrected chi connectivity index (χ1v) is 8.72. The van der Waals surface area contributed by atoms with Gasteiger partial charge in [0.05, 0.1) is 6.61 Å². The lowest BCUT2D eigenvalue weighted by Gasteiger charge is -2.10. The molecule has 0 spiro atoms. The van der Waals surface area contributed by atoms with Gasteiger partial charge >= 0.3 is 0 Å². The van der Waals surface area contributed by atoms with E-state index in [2.05, 4.69) is 72.3 Å². The van der Waals surface area contributed by atoms with Crippen molar-refractivity contribution in [3.63, 3.8) is 0 Å². The monoisotopic (exact) mass is 332 g/mol. The van der Waals surface area contributed by atoms with E-state index in [9.17, 15) is 0 Å². The number of ether oxygens (including phenoxy) is 1. The highest BCUT2D eigenvalue weighted by Crippen LogP contribution is 2.20. The number of hydrogen-bond acceptors (Lipinski definition) is 3. The minimum absolute atomic E-state index is 0.476. The normalized spacial score (nSPS) is 10.9. The quantitative estimate of drug-likeness (QED) is 0.631. The second-order valence-corrected chi connectivity index (χ2v) is 6.71. The van der Waals surface area contributed by atoms with E-state index >= 15 is 0 Å². The maximum absolute atomic E-state index is 5.75. The summed E-state index contributed by atoms with van der Waals surface area (Å²) in [6, 6.07) is 20.9. The molecular formula is C22H24N2O. The standard InChI is InChI=1S/C22H24N2O/c1-16(2)15-25-22-13-17(3)23-21(24-22)14-18-9-11-20(12-10-18)19-7-5-4-6-8-19/h4-13,16H,14-15H2,1-3H3. The van der Waals surface area contributed by atoms with Gasteiger partial charge in [0.15, 0.2) is 0 Å². The molecule has 3 heteroatoms. The number of aromatic nitrogens is 2. The Morgan fingerprint density at radius 3 is 2.24 bits per heavy atom. The van der Waals surface area contributed by atoms with E-state index in [1.54, 1.807) is 0 Å². The molecule has 0 radical (unpaired) electrons. The Kier molecular flexibility index (Phi) is 5.44. The van der Waals surface area contributed by atoms with Gasteiger partial charge in [0.2, 0.25) is 5.88 Å². The summed E-state index contributed by atoms with van der Waals surface area (Å²) < 4.78 is 5.75. The lowest BCUT2D eigenvalue weighted by molar-refractivity contribution is 0.260. The lowest BCUT2D eigenvalue weighted by atomic mass is 10.0. The second kappa shape index (κ2) is 7.93. The van der Waals surface area contributed by atoms with Crippen LogP contribution in [-0.2, 0) is 6.42 Å². The Hall–Kier alpha value is -2.68. The highest BCUT2D eigenvalue weighted by Gasteiger charge is 2.06. The average molecular weight is 332 g/mol. The lowest BCUT2D eigenvalue weighted by Crippen LogP contribution is -2.08. The average Bonchev–Trinajstić information content (AvgIpc) is 2.61. The van der Waals surface area contributed by atoms with E-state index in [0.717, 1.165) is 11.5 Å². The minimum Gasteiger partial charge on any atom is -0.477 e. The largest absolute Gasteiger partial charge is 0.477 e. The summed E-state index contributed by atoms with van der Waals surface area (Å²) >= 11 is 0. The van der Waals surface area contributed by atoms with Gasteiger partial charge in [-0.25, -0.2) is 4.98 Å². The molecule has 0 amide bonds. The van der Waals surface area contributed by atoms with Crippen molar-refractivity contribution in [2.24, 2.45) is 5.92 Å². The molecule has 25 heavy (non-hydrogen) atoms. The molecule has 1 aromatic heterocycles. The van der Waals surface area contributed by atoms with Gasteiger partial charge in [-0.15, -0.1) is 0 Å². The zero-order chi connectivity index (χ0) is 17.6. The van der Waals surface area contributed by atoms with E-state index in [1.165, 1.54) is 16.7 Å². The van der Waals surface area contributed by atoms with E-state index < -0.39 is 0 Å². The summed E-state index contributed by atoms with van der Waals surface area (Å²) in [5.41, 5.74) is 4.57. The number of nitrogens with zero attached hydrogens (tertiary/aromatic N) is 2. The fourth-order valence-corrected chi connectivity index (χ4v) is 2.63. The molecule has 1 heterocycles. The maximum atomic E-state index is 5.75. The SMILES string of the molecule is Cc1cc(OCC(C)C)nc(Cc2ccc(-c3ccccc3)cc2)n1. The molecule has 0 unspecified atom stereocenters. The molecule has 0 atom stereocenters. The van der Waals surface area contributed by atoms with Crippen molar-refractivity contribution in [3.8, 4) is 17.0 Å². The molecule has 0 aliphatic rings. The maximum Gasteiger partial charge on any atom is 0.216 e. The van der Waals surface area contributed by atoms with Gasteiger partial charge in [-0.3, -0.25) is 0 Å². The van der Waals surface area contributed by atoms with Gasteiger partial charge < -0.3 is 4.74 Å². The van der Waals surface area contributed by atoms with Crippen LogP contribution in [-0.4, -0.2) is 16.6 Å². The summed E-state index contributed by atoms with van der Waals surface area (Å²) in [4.78, 5) is 9.09. The van der Waals surface area contributed by atoms with E-state index in [-0.39, 0.29) is 0 Å². The summed E-state index contributed by atoms with van der Waals surface area (Å²) in [5, 5.41) is 0. The molecule has 2 aromatic carbocycles. The van der Waals surface area contributed by atoms with Gasteiger partial charge in [-0.2, -0.15) is 4.98 Å². The minimum atomic E-state index is 0.476. The highest BCUT2D eigenvalue weighted by molar-refractivity contribution is 5.63. The molecule has 0 N–H and O–H groups in total. The summed E-state index contributed by atoms with van der Waals surface area (Å²) in [6.07, 6.45) is 0.703. The first-order chi connectivity index (χ1) is 12.1. The van der Waals surface area contributed by atoms with Crippen LogP contribution in [0.2, 0.25) is 0 Å². The van der Waals surface area contributed by atoms with Crippen molar-refractivity contribution in [2.75, 3.05) is 6.61 Å². The molecule has 0 aliphatic carbocycles. The van der Waals surface area contributed by atoms with E-state index in [0.29, 0.717) is 24.8 Å². The van der Waals surface area contributed by atoms with Crippen LogP contribution >= 0.6 is 0 Å². The van der Waals surface area contributed by atoms with Crippen LogP contribution in [0.3, 0.4) is 0 Å². The van der Waals surface area contributed by atoms with Crippen molar-refractivity contribution in [1.82, 2.24) is 9.97 Å².